The lowest BCUT2D eigenvalue weighted by Gasteiger charge is -2.27. The molecule has 38 heavy (non-hydrogen) atoms. The molecule has 0 aromatic rings. The maximum Gasteiger partial charge on any atom is 0.326 e. The Morgan fingerprint density at radius 2 is 1.47 bits per heavy atom. The van der Waals surface area contributed by atoms with Crippen molar-refractivity contribution >= 4 is 35.5 Å². The minimum absolute atomic E-state index is 0.0267. The van der Waals surface area contributed by atoms with Crippen LogP contribution in [-0.2, 0) is 28.8 Å². The minimum atomic E-state index is -1.55. The Hall–Kier alpha value is -3.34. The van der Waals surface area contributed by atoms with Crippen LogP contribution in [-0.4, -0.2) is 124 Å². The van der Waals surface area contributed by atoms with Gasteiger partial charge in [0.25, 0.3) is 0 Å². The van der Waals surface area contributed by atoms with E-state index < -0.39 is 92.1 Å². The molecule has 1 aliphatic rings. The van der Waals surface area contributed by atoms with Gasteiger partial charge in [0.15, 0.2) is 0 Å². The van der Waals surface area contributed by atoms with Crippen LogP contribution in [0.4, 0.5) is 0 Å². The van der Waals surface area contributed by atoms with Crippen LogP contribution >= 0.6 is 0 Å². The molecule has 0 saturated carbocycles. The lowest BCUT2D eigenvalue weighted by molar-refractivity contribution is -0.150. The monoisotopic (exact) mass is 546 g/mol. The summed E-state index contributed by atoms with van der Waals surface area (Å²) in [6.07, 6.45) is 0.866. The van der Waals surface area contributed by atoms with Crippen molar-refractivity contribution in [1.82, 2.24) is 26.2 Å². The molecule has 216 valence electrons. The summed E-state index contributed by atoms with van der Waals surface area (Å²) in [5, 5.41) is 46.5. The molecule has 0 spiro atoms. The first-order valence-corrected chi connectivity index (χ1v) is 12.1. The molecule has 16 nitrogen and oxygen atoms in total. The minimum Gasteiger partial charge on any atom is -0.480 e. The third-order valence-electron chi connectivity index (χ3n) is 5.75. The van der Waals surface area contributed by atoms with E-state index in [1.54, 1.807) is 13.8 Å². The quantitative estimate of drug-likeness (QED) is 0.0938. The number of amides is 5. The molecule has 0 aromatic heterocycles. The highest BCUT2D eigenvalue weighted by atomic mass is 16.4. The highest BCUT2D eigenvalue weighted by Crippen LogP contribution is 2.18. The third-order valence-corrected chi connectivity index (χ3v) is 5.75. The Bertz CT molecular complexity index is 870. The molecule has 5 atom stereocenters. The number of carbonyl (C=O) groups is 6. The summed E-state index contributed by atoms with van der Waals surface area (Å²) in [5.74, 6) is -5.44. The number of nitrogens with zero attached hydrogens (tertiary/aromatic N) is 1. The third kappa shape index (κ3) is 9.85. The number of nitrogens with one attached hydrogen (secondary N) is 4. The molecule has 1 saturated heterocycles. The van der Waals surface area contributed by atoms with Crippen LogP contribution in [0, 0.1) is 5.92 Å². The zero-order valence-electron chi connectivity index (χ0n) is 21.4. The smallest absolute Gasteiger partial charge is 0.326 e. The zero-order chi connectivity index (χ0) is 29.0. The molecular weight excluding hydrogens is 508 g/mol. The zero-order valence-corrected chi connectivity index (χ0v) is 21.4. The first kappa shape index (κ1) is 32.7. The number of carbonyl (C=O) groups excluding carboxylic acids is 5. The average Bonchev–Trinajstić information content (AvgIpc) is 3.37. The van der Waals surface area contributed by atoms with E-state index in [2.05, 4.69) is 21.3 Å². The van der Waals surface area contributed by atoms with Gasteiger partial charge in [-0.05, 0) is 25.2 Å². The van der Waals surface area contributed by atoms with E-state index in [1.165, 1.54) is 0 Å². The second kappa shape index (κ2) is 15.8. The molecule has 0 unspecified atom stereocenters. The number of aliphatic carboxylic acids is 1. The van der Waals surface area contributed by atoms with Crippen LogP contribution in [0.25, 0.3) is 0 Å². The van der Waals surface area contributed by atoms with Gasteiger partial charge >= 0.3 is 5.97 Å². The molecule has 1 fully saturated rings. The predicted molar refractivity (Wildman–Crippen MR) is 130 cm³/mol. The Morgan fingerprint density at radius 1 is 0.868 bits per heavy atom. The number of rotatable bonds is 15. The fourth-order valence-corrected chi connectivity index (χ4v) is 3.74. The molecule has 0 aliphatic carbocycles. The molecule has 0 aromatic carbocycles. The van der Waals surface area contributed by atoms with E-state index in [4.69, 9.17) is 10.8 Å². The van der Waals surface area contributed by atoms with Crippen LogP contribution in [0.3, 0.4) is 0 Å². The molecule has 0 radical (unpaired) electrons. The summed E-state index contributed by atoms with van der Waals surface area (Å²) in [4.78, 5) is 74.4. The lowest BCUT2D eigenvalue weighted by atomic mass is 10.0. The normalized spacial score (nSPS) is 18.2. The molecule has 10 N–H and O–H groups in total. The van der Waals surface area contributed by atoms with Crippen molar-refractivity contribution in [2.75, 3.05) is 32.9 Å². The van der Waals surface area contributed by atoms with Gasteiger partial charge in [0.1, 0.15) is 30.2 Å². The van der Waals surface area contributed by atoms with E-state index in [0.29, 0.717) is 6.42 Å². The van der Waals surface area contributed by atoms with Crippen molar-refractivity contribution in [2.45, 2.75) is 63.3 Å². The Labute approximate surface area is 219 Å². The molecule has 5 amide bonds. The maximum absolute atomic E-state index is 12.7. The molecule has 1 heterocycles. The summed E-state index contributed by atoms with van der Waals surface area (Å²) in [5.41, 5.74) is 5.45. The number of hydrogen-bond donors (Lipinski definition) is 9. The van der Waals surface area contributed by atoms with Crippen molar-refractivity contribution in [3.63, 3.8) is 0 Å². The van der Waals surface area contributed by atoms with E-state index in [9.17, 15) is 44.1 Å². The Balaban J connectivity index is 2.71. The van der Waals surface area contributed by atoms with Gasteiger partial charge in [-0.25, -0.2) is 4.79 Å². The maximum atomic E-state index is 12.7. The van der Waals surface area contributed by atoms with Crippen LogP contribution in [0.2, 0.25) is 0 Å². The fraction of sp³-hybridized carbons (Fsp3) is 0.727. The van der Waals surface area contributed by atoms with E-state index in [0.717, 1.165) is 4.90 Å². The Morgan fingerprint density at radius 3 is 2.00 bits per heavy atom. The number of aliphatic hydroxyl groups is 3. The van der Waals surface area contributed by atoms with Crippen molar-refractivity contribution in [3.8, 4) is 0 Å². The average molecular weight is 547 g/mol. The second-order valence-electron chi connectivity index (χ2n) is 9.27. The largest absolute Gasteiger partial charge is 0.480 e. The lowest BCUT2D eigenvalue weighted by Crippen LogP contribution is -2.58. The number of hydrogen-bond acceptors (Lipinski definition) is 10. The van der Waals surface area contributed by atoms with Crippen LogP contribution in [0.5, 0.6) is 0 Å². The van der Waals surface area contributed by atoms with Crippen molar-refractivity contribution in [3.05, 3.63) is 0 Å². The highest BCUT2D eigenvalue weighted by molar-refractivity contribution is 5.95. The van der Waals surface area contributed by atoms with Gasteiger partial charge < -0.3 is 52.3 Å². The molecule has 16 heteroatoms. The molecule has 1 rings (SSSR count). The summed E-state index contributed by atoms with van der Waals surface area (Å²) >= 11 is 0. The van der Waals surface area contributed by atoms with Crippen LogP contribution in [0.15, 0.2) is 0 Å². The molecular formula is C22H38N6O10. The summed E-state index contributed by atoms with van der Waals surface area (Å²) < 4.78 is 0. The van der Waals surface area contributed by atoms with E-state index >= 15 is 0 Å². The fourth-order valence-electron chi connectivity index (χ4n) is 3.74. The summed E-state index contributed by atoms with van der Waals surface area (Å²) in [6.45, 7) is 0.734. The van der Waals surface area contributed by atoms with Gasteiger partial charge in [-0.15, -0.1) is 0 Å². The van der Waals surface area contributed by atoms with Crippen molar-refractivity contribution < 1.29 is 49.2 Å². The van der Waals surface area contributed by atoms with Gasteiger partial charge in [0.05, 0.1) is 26.4 Å². The van der Waals surface area contributed by atoms with Gasteiger partial charge in [-0.2, -0.15) is 0 Å². The second-order valence-corrected chi connectivity index (χ2v) is 9.27. The van der Waals surface area contributed by atoms with E-state index in [-0.39, 0.29) is 25.3 Å². The number of carboxylic acids is 1. The Kier molecular flexibility index (Phi) is 13.6. The SMILES string of the molecule is CC(C)C[C@H](NC(=O)[C@@H](N)CO)C(=O)NCC(=O)N[C@@H](CO)C(=O)N[C@@H](CO)C(=O)N1CCC[C@H]1C(=O)O. The number of aliphatic hydroxyl groups excluding tert-OH is 3. The number of carboxylic acid groups (broad SMARTS) is 1. The van der Waals surface area contributed by atoms with Gasteiger partial charge in [0, 0.05) is 6.54 Å². The predicted octanol–water partition coefficient (Wildman–Crippen LogP) is -5.02. The first-order chi connectivity index (χ1) is 17.9. The van der Waals surface area contributed by atoms with Crippen molar-refractivity contribution in [2.24, 2.45) is 11.7 Å². The topological polar surface area (TPSA) is 261 Å². The number of likely N-dealkylation sites (tertiary alicyclic amines) is 1. The van der Waals surface area contributed by atoms with Gasteiger partial charge in [0.2, 0.25) is 29.5 Å². The van der Waals surface area contributed by atoms with Gasteiger partial charge in [-0.1, -0.05) is 13.8 Å². The molecule has 0 bridgehead atoms. The van der Waals surface area contributed by atoms with Crippen molar-refractivity contribution in [1.29, 1.82) is 0 Å². The summed E-state index contributed by atoms with van der Waals surface area (Å²) in [7, 11) is 0. The van der Waals surface area contributed by atoms with E-state index in [1.807, 2.05) is 0 Å². The van der Waals surface area contributed by atoms with Gasteiger partial charge in [-0.3, -0.25) is 24.0 Å². The summed E-state index contributed by atoms with van der Waals surface area (Å²) in [6, 6.07) is -6.43. The first-order valence-electron chi connectivity index (χ1n) is 12.1. The highest BCUT2D eigenvalue weighted by Gasteiger charge is 2.38. The standard InChI is InChI=1S/C22H38N6O10/c1-11(2)6-13(26-18(33)12(23)8-29)19(34)24-7-17(32)25-14(9-30)20(35)27-15(10-31)21(36)28-5-3-4-16(28)22(37)38/h11-16,29-31H,3-10,23H2,1-2H3,(H,24,34)(H,25,32)(H,26,33)(H,27,35)(H,37,38)/t12-,13-,14-,15-,16-/m0/s1. The van der Waals surface area contributed by atoms with Crippen LogP contribution < -0.4 is 27.0 Å². The molecule has 1 aliphatic heterocycles. The number of nitrogens with two attached hydrogens (primary N) is 1. The van der Waals surface area contributed by atoms with Crippen LogP contribution in [0.1, 0.15) is 33.1 Å².